The van der Waals surface area contributed by atoms with Gasteiger partial charge in [0.05, 0.1) is 10.7 Å². The molecule has 0 aliphatic carbocycles. The van der Waals surface area contributed by atoms with Gasteiger partial charge in [0, 0.05) is 17.5 Å². The zero-order chi connectivity index (χ0) is 14.6. The molecule has 2 rings (SSSR count). The maximum absolute atomic E-state index is 6.04. The molecule has 0 bridgehead atoms. The van der Waals surface area contributed by atoms with E-state index in [0.717, 1.165) is 17.2 Å². The molecule has 0 aliphatic rings. The molecular weight excluding hydrogens is 292 g/mol. The molecule has 0 saturated heterocycles. The van der Waals surface area contributed by atoms with E-state index in [4.69, 9.17) is 16.3 Å². The second-order valence-corrected chi connectivity index (χ2v) is 6.91. The second kappa shape index (κ2) is 6.57. The number of thiazole rings is 1. The van der Waals surface area contributed by atoms with E-state index < -0.39 is 0 Å². The Morgan fingerprint density at radius 3 is 2.75 bits per heavy atom. The molecule has 0 fully saturated rings. The summed E-state index contributed by atoms with van der Waals surface area (Å²) in [6, 6.07) is 7.46. The highest BCUT2D eigenvalue weighted by Gasteiger charge is 2.10. The van der Waals surface area contributed by atoms with Crippen molar-refractivity contribution >= 4 is 22.9 Å². The molecule has 20 heavy (non-hydrogen) atoms. The van der Waals surface area contributed by atoms with E-state index in [-0.39, 0.29) is 5.54 Å². The lowest BCUT2D eigenvalue weighted by molar-refractivity contribution is 0.302. The lowest BCUT2D eigenvalue weighted by atomic mass is 10.1. The number of hydrogen-bond donors (Lipinski definition) is 1. The predicted octanol–water partition coefficient (Wildman–Crippen LogP) is 4.26. The highest BCUT2D eigenvalue weighted by Crippen LogP contribution is 2.24. The van der Waals surface area contributed by atoms with Gasteiger partial charge in [0.25, 0.3) is 0 Å². The number of para-hydroxylation sites is 1. The van der Waals surface area contributed by atoms with Crippen LogP contribution in [0.3, 0.4) is 0 Å². The molecule has 2 aromatic rings. The maximum atomic E-state index is 6.04. The maximum Gasteiger partial charge on any atom is 0.138 e. The summed E-state index contributed by atoms with van der Waals surface area (Å²) in [4.78, 5) is 4.55. The number of rotatable bonds is 5. The fraction of sp³-hybridized carbons (Fsp3) is 0.400. The first kappa shape index (κ1) is 15.3. The molecule has 0 aliphatic heterocycles. The number of aromatic nitrogens is 1. The second-order valence-electron chi connectivity index (χ2n) is 5.56. The summed E-state index contributed by atoms with van der Waals surface area (Å²) in [5, 5.41) is 7.13. The summed E-state index contributed by atoms with van der Waals surface area (Å²) in [6.45, 7) is 7.64. The molecule has 1 heterocycles. The van der Waals surface area contributed by atoms with Crippen LogP contribution in [0.5, 0.6) is 5.75 Å². The van der Waals surface area contributed by atoms with Gasteiger partial charge in [0.2, 0.25) is 0 Å². The fourth-order valence-electron chi connectivity index (χ4n) is 1.55. The third-order valence-electron chi connectivity index (χ3n) is 2.58. The van der Waals surface area contributed by atoms with Crippen LogP contribution in [0.15, 0.2) is 29.6 Å². The van der Waals surface area contributed by atoms with Crippen molar-refractivity contribution in [3.05, 3.63) is 45.4 Å². The largest absolute Gasteiger partial charge is 0.486 e. The smallest absolute Gasteiger partial charge is 0.138 e. The summed E-state index contributed by atoms with van der Waals surface area (Å²) in [5.74, 6) is 0.691. The number of benzene rings is 1. The standard InChI is InChI=1S/C15H19ClN2OS/c1-15(2,3)17-8-14-18-11(10-20-14)9-19-13-7-5-4-6-12(13)16/h4-7,10,17H,8-9H2,1-3H3. The number of hydrogen-bond acceptors (Lipinski definition) is 4. The molecule has 0 spiro atoms. The molecule has 0 unspecified atom stereocenters. The van der Waals surface area contributed by atoms with Crippen molar-refractivity contribution in [3.63, 3.8) is 0 Å². The van der Waals surface area contributed by atoms with Crippen molar-refractivity contribution in [3.8, 4) is 5.75 Å². The monoisotopic (exact) mass is 310 g/mol. The lowest BCUT2D eigenvalue weighted by Gasteiger charge is -2.19. The van der Waals surface area contributed by atoms with Crippen molar-refractivity contribution in [2.75, 3.05) is 0 Å². The Labute approximate surface area is 129 Å². The quantitative estimate of drug-likeness (QED) is 0.896. The van der Waals surface area contributed by atoms with Crippen LogP contribution in [0, 0.1) is 0 Å². The van der Waals surface area contributed by atoms with E-state index in [1.807, 2.05) is 29.6 Å². The number of nitrogens with one attached hydrogen (secondary N) is 1. The summed E-state index contributed by atoms with van der Waals surface area (Å²) in [6.07, 6.45) is 0. The third-order valence-corrected chi connectivity index (χ3v) is 3.79. The van der Waals surface area contributed by atoms with Gasteiger partial charge in [-0.1, -0.05) is 23.7 Å². The highest BCUT2D eigenvalue weighted by molar-refractivity contribution is 7.09. The molecule has 1 aromatic carbocycles. The predicted molar refractivity (Wildman–Crippen MR) is 84.5 cm³/mol. The zero-order valence-corrected chi connectivity index (χ0v) is 13.5. The molecule has 108 valence electrons. The van der Waals surface area contributed by atoms with E-state index in [9.17, 15) is 0 Å². The van der Waals surface area contributed by atoms with E-state index in [1.54, 1.807) is 11.3 Å². The number of halogens is 1. The normalized spacial score (nSPS) is 11.6. The Bertz CT molecular complexity index is 563. The van der Waals surface area contributed by atoms with Gasteiger partial charge in [-0.05, 0) is 32.9 Å². The van der Waals surface area contributed by atoms with Crippen LogP contribution in [0.4, 0.5) is 0 Å². The van der Waals surface area contributed by atoms with Crippen LogP contribution in [0.1, 0.15) is 31.5 Å². The Morgan fingerprint density at radius 1 is 1.30 bits per heavy atom. The van der Waals surface area contributed by atoms with Crippen molar-refractivity contribution in [2.24, 2.45) is 0 Å². The Hall–Kier alpha value is -1.10. The van der Waals surface area contributed by atoms with Gasteiger partial charge in [-0.15, -0.1) is 11.3 Å². The number of ether oxygens (including phenoxy) is 1. The van der Waals surface area contributed by atoms with Crippen LogP contribution in [0.25, 0.3) is 0 Å². The Kier molecular flexibility index (Phi) is 5.02. The van der Waals surface area contributed by atoms with Crippen molar-refractivity contribution in [2.45, 2.75) is 39.5 Å². The fourth-order valence-corrected chi connectivity index (χ4v) is 2.46. The van der Waals surface area contributed by atoms with E-state index in [0.29, 0.717) is 17.4 Å². The molecule has 3 nitrogen and oxygen atoms in total. The minimum absolute atomic E-state index is 0.0971. The van der Waals surface area contributed by atoms with Crippen molar-refractivity contribution < 1.29 is 4.74 Å². The van der Waals surface area contributed by atoms with Gasteiger partial charge in [-0.25, -0.2) is 4.98 Å². The van der Waals surface area contributed by atoms with Crippen LogP contribution in [-0.4, -0.2) is 10.5 Å². The van der Waals surface area contributed by atoms with Crippen molar-refractivity contribution in [1.29, 1.82) is 0 Å². The minimum Gasteiger partial charge on any atom is -0.486 e. The SMILES string of the molecule is CC(C)(C)NCc1nc(COc2ccccc2Cl)cs1. The molecule has 5 heteroatoms. The van der Waals surface area contributed by atoms with Crippen molar-refractivity contribution in [1.82, 2.24) is 10.3 Å². The van der Waals surface area contributed by atoms with Gasteiger partial charge in [-0.2, -0.15) is 0 Å². The third kappa shape index (κ3) is 4.78. The van der Waals surface area contributed by atoms with E-state index in [2.05, 4.69) is 31.1 Å². The summed E-state index contributed by atoms with van der Waals surface area (Å²) < 4.78 is 5.67. The molecular formula is C15H19ClN2OS. The van der Waals surface area contributed by atoms with Gasteiger partial charge in [0.15, 0.2) is 0 Å². The van der Waals surface area contributed by atoms with E-state index >= 15 is 0 Å². The van der Waals surface area contributed by atoms with Gasteiger partial charge in [0.1, 0.15) is 17.4 Å². The van der Waals surface area contributed by atoms with E-state index in [1.165, 1.54) is 0 Å². The first-order chi connectivity index (χ1) is 9.44. The molecule has 1 N–H and O–H groups in total. The molecule has 1 aromatic heterocycles. The zero-order valence-electron chi connectivity index (χ0n) is 11.9. The summed E-state index contributed by atoms with van der Waals surface area (Å²) in [7, 11) is 0. The minimum atomic E-state index is 0.0971. The van der Waals surface area contributed by atoms with Crippen LogP contribution in [0.2, 0.25) is 5.02 Å². The highest BCUT2D eigenvalue weighted by atomic mass is 35.5. The lowest BCUT2D eigenvalue weighted by Crippen LogP contribution is -2.35. The van der Waals surface area contributed by atoms with Gasteiger partial charge in [-0.3, -0.25) is 0 Å². The summed E-state index contributed by atoms with van der Waals surface area (Å²) >= 11 is 7.69. The molecule has 0 atom stereocenters. The first-order valence-corrected chi connectivity index (χ1v) is 7.75. The Morgan fingerprint density at radius 2 is 2.05 bits per heavy atom. The summed E-state index contributed by atoms with van der Waals surface area (Å²) in [5.41, 5.74) is 1.03. The number of nitrogens with zero attached hydrogens (tertiary/aromatic N) is 1. The average Bonchev–Trinajstić information content (AvgIpc) is 2.83. The van der Waals surface area contributed by atoms with Crippen LogP contribution >= 0.6 is 22.9 Å². The molecule has 0 saturated carbocycles. The molecule has 0 radical (unpaired) electrons. The Balaban J connectivity index is 1.89. The topological polar surface area (TPSA) is 34.2 Å². The van der Waals surface area contributed by atoms with Gasteiger partial charge < -0.3 is 10.1 Å². The first-order valence-electron chi connectivity index (χ1n) is 6.50. The molecule has 0 amide bonds. The van der Waals surface area contributed by atoms with Crippen LogP contribution < -0.4 is 10.1 Å². The van der Waals surface area contributed by atoms with Crippen LogP contribution in [-0.2, 0) is 13.2 Å². The average molecular weight is 311 g/mol. The van der Waals surface area contributed by atoms with Gasteiger partial charge >= 0.3 is 0 Å².